The molecule has 0 aliphatic heterocycles. The highest BCUT2D eigenvalue weighted by molar-refractivity contribution is 6.21. The molecule has 0 saturated heterocycles. The Kier molecular flexibility index (Phi) is 4.42. The minimum Gasteiger partial charge on any atom is -0.494 e. The highest BCUT2D eigenvalue weighted by atomic mass is 35.5. The first-order valence-corrected chi connectivity index (χ1v) is 5.45. The molecule has 0 aromatic heterocycles. The number of ether oxygens (including phenoxy) is 1. The highest BCUT2D eigenvalue weighted by Crippen LogP contribution is 2.47. The van der Waals surface area contributed by atoms with Crippen LogP contribution in [0.3, 0.4) is 0 Å². The maximum atomic E-state index is 13.0. The standard InChI is InChI=1S/C11H10ClF5O/c1-2-18-8-5-3-7(4-6-8)9(12)10(13,14)11(15,16)17/h3-6,9H,2H2,1H3. The molecule has 0 amide bonds. The van der Waals surface area contributed by atoms with Crippen molar-refractivity contribution in [2.75, 3.05) is 6.61 Å². The summed E-state index contributed by atoms with van der Waals surface area (Å²) in [7, 11) is 0. The molecule has 1 aromatic rings. The monoisotopic (exact) mass is 288 g/mol. The van der Waals surface area contributed by atoms with Gasteiger partial charge in [0.25, 0.3) is 0 Å². The first-order chi connectivity index (χ1) is 8.20. The molecule has 102 valence electrons. The van der Waals surface area contributed by atoms with E-state index < -0.39 is 17.5 Å². The zero-order valence-corrected chi connectivity index (χ0v) is 10.0. The first kappa shape index (κ1) is 15.0. The van der Waals surface area contributed by atoms with Crippen LogP contribution in [0.15, 0.2) is 24.3 Å². The number of hydrogen-bond donors (Lipinski definition) is 0. The summed E-state index contributed by atoms with van der Waals surface area (Å²) in [5, 5.41) is -2.46. The smallest absolute Gasteiger partial charge is 0.455 e. The molecule has 0 radical (unpaired) electrons. The van der Waals surface area contributed by atoms with Crippen LogP contribution in [0.2, 0.25) is 0 Å². The molecule has 0 heterocycles. The number of alkyl halides is 6. The van der Waals surface area contributed by atoms with E-state index >= 15 is 0 Å². The zero-order valence-electron chi connectivity index (χ0n) is 9.27. The van der Waals surface area contributed by atoms with Gasteiger partial charge in [-0.2, -0.15) is 22.0 Å². The van der Waals surface area contributed by atoms with Crippen molar-refractivity contribution in [1.82, 2.24) is 0 Å². The van der Waals surface area contributed by atoms with Crippen molar-refractivity contribution in [1.29, 1.82) is 0 Å². The molecule has 0 spiro atoms. The molecular formula is C11H10ClF5O. The molecule has 7 heteroatoms. The Labute approximate surface area is 106 Å². The third-order valence-electron chi connectivity index (χ3n) is 2.18. The van der Waals surface area contributed by atoms with E-state index in [0.717, 1.165) is 12.1 Å². The number of rotatable bonds is 4. The Bertz CT molecular complexity index is 387. The molecule has 0 N–H and O–H groups in total. The van der Waals surface area contributed by atoms with E-state index in [1.165, 1.54) is 12.1 Å². The minimum atomic E-state index is -5.68. The van der Waals surface area contributed by atoms with Gasteiger partial charge < -0.3 is 4.74 Å². The van der Waals surface area contributed by atoms with E-state index in [4.69, 9.17) is 16.3 Å². The second-order valence-electron chi connectivity index (χ2n) is 3.49. The van der Waals surface area contributed by atoms with Gasteiger partial charge in [0.2, 0.25) is 0 Å². The minimum absolute atomic E-state index is 0.317. The fourth-order valence-corrected chi connectivity index (χ4v) is 1.52. The summed E-state index contributed by atoms with van der Waals surface area (Å²) in [6, 6.07) is 4.76. The number of benzene rings is 1. The van der Waals surface area contributed by atoms with Crippen LogP contribution in [-0.2, 0) is 0 Å². The van der Waals surface area contributed by atoms with E-state index in [1.54, 1.807) is 6.92 Å². The lowest BCUT2D eigenvalue weighted by molar-refractivity contribution is -0.283. The lowest BCUT2D eigenvalue weighted by Gasteiger charge is -2.24. The lowest BCUT2D eigenvalue weighted by atomic mass is 10.1. The van der Waals surface area contributed by atoms with Crippen molar-refractivity contribution in [3.05, 3.63) is 29.8 Å². The van der Waals surface area contributed by atoms with E-state index in [-0.39, 0.29) is 5.56 Å². The maximum absolute atomic E-state index is 13.0. The number of halogens is 6. The molecule has 0 aliphatic carbocycles. The molecule has 1 aromatic carbocycles. The topological polar surface area (TPSA) is 9.23 Å². The Morgan fingerprint density at radius 2 is 1.61 bits per heavy atom. The van der Waals surface area contributed by atoms with Crippen molar-refractivity contribution in [2.24, 2.45) is 0 Å². The SMILES string of the molecule is CCOc1ccc(C(Cl)C(F)(F)C(F)(F)F)cc1. The molecule has 0 fully saturated rings. The summed E-state index contributed by atoms with van der Waals surface area (Å²) in [5.41, 5.74) is -0.317. The Morgan fingerprint density at radius 3 is 2.00 bits per heavy atom. The van der Waals surface area contributed by atoms with Crippen molar-refractivity contribution in [2.45, 2.75) is 24.4 Å². The van der Waals surface area contributed by atoms with E-state index in [2.05, 4.69) is 0 Å². The average Bonchev–Trinajstić information content (AvgIpc) is 2.28. The molecule has 0 aliphatic rings. The van der Waals surface area contributed by atoms with Gasteiger partial charge in [0.15, 0.2) is 0 Å². The normalized spacial score (nSPS) is 14.4. The van der Waals surface area contributed by atoms with Crippen LogP contribution in [0, 0.1) is 0 Å². The predicted octanol–water partition coefficient (Wildman–Crippen LogP) is 4.56. The van der Waals surface area contributed by atoms with Crippen LogP contribution in [0.25, 0.3) is 0 Å². The highest BCUT2D eigenvalue weighted by Gasteiger charge is 2.62. The Morgan fingerprint density at radius 1 is 1.11 bits per heavy atom. The van der Waals surface area contributed by atoms with E-state index in [1.807, 2.05) is 0 Å². The van der Waals surface area contributed by atoms with Crippen molar-refractivity contribution < 1.29 is 26.7 Å². The van der Waals surface area contributed by atoms with Gasteiger partial charge in [0.1, 0.15) is 11.1 Å². The Hall–Kier alpha value is -1.04. The van der Waals surface area contributed by atoms with Crippen LogP contribution >= 0.6 is 11.6 Å². The van der Waals surface area contributed by atoms with Crippen LogP contribution in [-0.4, -0.2) is 18.7 Å². The Balaban J connectivity index is 2.94. The van der Waals surface area contributed by atoms with E-state index in [9.17, 15) is 22.0 Å². The summed E-state index contributed by atoms with van der Waals surface area (Å²) in [6.07, 6.45) is -5.68. The summed E-state index contributed by atoms with van der Waals surface area (Å²) in [5.74, 6) is -4.61. The second-order valence-corrected chi connectivity index (χ2v) is 3.92. The summed E-state index contributed by atoms with van der Waals surface area (Å²) >= 11 is 5.20. The van der Waals surface area contributed by atoms with Gasteiger partial charge in [-0.05, 0) is 24.6 Å². The first-order valence-electron chi connectivity index (χ1n) is 5.01. The average molecular weight is 289 g/mol. The van der Waals surface area contributed by atoms with Gasteiger partial charge in [0.05, 0.1) is 6.61 Å². The lowest BCUT2D eigenvalue weighted by Crippen LogP contribution is -2.40. The molecular weight excluding hydrogens is 279 g/mol. The molecule has 0 bridgehead atoms. The van der Waals surface area contributed by atoms with Gasteiger partial charge in [-0.3, -0.25) is 0 Å². The summed E-state index contributed by atoms with van der Waals surface area (Å²) < 4.78 is 67.3. The largest absolute Gasteiger partial charge is 0.494 e. The molecule has 1 rings (SSSR count). The third kappa shape index (κ3) is 3.04. The number of hydrogen-bond acceptors (Lipinski definition) is 1. The van der Waals surface area contributed by atoms with Gasteiger partial charge in [-0.1, -0.05) is 12.1 Å². The van der Waals surface area contributed by atoms with Gasteiger partial charge in [-0.15, -0.1) is 11.6 Å². The fraction of sp³-hybridized carbons (Fsp3) is 0.455. The molecule has 18 heavy (non-hydrogen) atoms. The predicted molar refractivity (Wildman–Crippen MR) is 57.2 cm³/mol. The summed E-state index contributed by atoms with van der Waals surface area (Å²) in [4.78, 5) is 0. The van der Waals surface area contributed by atoms with Gasteiger partial charge in [0, 0.05) is 0 Å². The third-order valence-corrected chi connectivity index (χ3v) is 2.71. The summed E-state index contributed by atoms with van der Waals surface area (Å²) in [6.45, 7) is 2.08. The van der Waals surface area contributed by atoms with Crippen LogP contribution in [0.1, 0.15) is 17.9 Å². The van der Waals surface area contributed by atoms with Crippen LogP contribution < -0.4 is 4.74 Å². The van der Waals surface area contributed by atoms with Gasteiger partial charge >= 0.3 is 12.1 Å². The maximum Gasteiger partial charge on any atom is 0.455 e. The van der Waals surface area contributed by atoms with Gasteiger partial charge in [-0.25, -0.2) is 0 Å². The zero-order chi connectivity index (χ0) is 14.0. The molecule has 0 saturated carbocycles. The van der Waals surface area contributed by atoms with Crippen molar-refractivity contribution >= 4 is 11.6 Å². The van der Waals surface area contributed by atoms with E-state index in [0.29, 0.717) is 12.4 Å². The quantitative estimate of drug-likeness (QED) is 0.583. The second kappa shape index (κ2) is 5.30. The van der Waals surface area contributed by atoms with Crippen molar-refractivity contribution in [3.63, 3.8) is 0 Å². The fourth-order valence-electron chi connectivity index (χ4n) is 1.25. The molecule has 1 atom stereocenters. The van der Waals surface area contributed by atoms with Crippen molar-refractivity contribution in [3.8, 4) is 5.75 Å². The van der Waals surface area contributed by atoms with Crippen LogP contribution in [0.5, 0.6) is 5.75 Å². The van der Waals surface area contributed by atoms with Crippen LogP contribution in [0.4, 0.5) is 22.0 Å². The molecule has 1 unspecified atom stereocenters. The molecule has 1 nitrogen and oxygen atoms in total.